The average Bonchev–Trinajstić information content (AvgIpc) is 3.21. The molecule has 1 heterocycles. The zero-order valence-corrected chi connectivity index (χ0v) is 17.6. The van der Waals surface area contributed by atoms with Crippen molar-refractivity contribution in [3.05, 3.63) is 85.1 Å². The summed E-state index contributed by atoms with van der Waals surface area (Å²) in [6, 6.07) is 25.4. The number of para-hydroxylation sites is 1. The number of thiocarbonyl (C=S) groups is 1. The molecule has 1 amide bonds. The third kappa shape index (κ3) is 5.40. The van der Waals surface area contributed by atoms with E-state index in [0.29, 0.717) is 10.9 Å². The summed E-state index contributed by atoms with van der Waals surface area (Å²) in [6.45, 7) is 0. The Hall–Kier alpha value is -3.29. The molecule has 4 aromatic rings. The molecule has 0 saturated heterocycles. The van der Waals surface area contributed by atoms with E-state index in [1.165, 1.54) is 11.8 Å². The second-order valence-corrected chi connectivity index (χ2v) is 8.05. The number of anilines is 3. The second-order valence-electron chi connectivity index (χ2n) is 6.59. The molecule has 0 unspecified atom stereocenters. The van der Waals surface area contributed by atoms with E-state index in [-0.39, 0.29) is 5.91 Å². The maximum atomic E-state index is 12.3. The molecule has 0 spiro atoms. The van der Waals surface area contributed by atoms with Gasteiger partial charge >= 0.3 is 0 Å². The summed E-state index contributed by atoms with van der Waals surface area (Å²) in [4.78, 5) is 16.5. The Morgan fingerprint density at radius 2 is 1.60 bits per heavy atom. The van der Waals surface area contributed by atoms with Crippen LogP contribution in [0.2, 0.25) is 0 Å². The molecule has 0 aliphatic heterocycles. The van der Waals surface area contributed by atoms with Crippen molar-refractivity contribution in [1.29, 1.82) is 0 Å². The minimum absolute atomic E-state index is 0.0504. The Labute approximate surface area is 184 Å². The molecule has 4 rings (SSSR count). The highest BCUT2D eigenvalue weighted by molar-refractivity contribution is 8.00. The van der Waals surface area contributed by atoms with E-state index in [4.69, 9.17) is 12.2 Å². The number of carbonyl (C=O) groups excluding carboxylic acids is 1. The van der Waals surface area contributed by atoms with Gasteiger partial charge in [-0.2, -0.15) is 0 Å². The number of nitrogens with one attached hydrogen (secondary N) is 4. The zero-order chi connectivity index (χ0) is 20.8. The Morgan fingerprint density at radius 1 is 0.833 bits per heavy atom. The molecule has 30 heavy (non-hydrogen) atoms. The number of carbonyl (C=O) groups is 1. The van der Waals surface area contributed by atoms with Crippen LogP contribution in [0, 0.1) is 0 Å². The fraction of sp³-hybridized carbons (Fsp3) is 0.0435. The third-order valence-electron chi connectivity index (χ3n) is 4.33. The van der Waals surface area contributed by atoms with Gasteiger partial charge in [-0.25, -0.2) is 0 Å². The van der Waals surface area contributed by atoms with Crippen molar-refractivity contribution in [1.82, 2.24) is 4.98 Å². The molecule has 5 nitrogen and oxygen atoms in total. The number of benzene rings is 3. The normalized spacial score (nSPS) is 10.5. The monoisotopic (exact) mass is 432 g/mol. The number of hydrogen-bond donors (Lipinski definition) is 4. The molecule has 0 saturated carbocycles. The number of thioether (sulfide) groups is 1. The van der Waals surface area contributed by atoms with E-state index in [1.54, 1.807) is 0 Å². The van der Waals surface area contributed by atoms with E-state index < -0.39 is 0 Å². The number of aromatic amines is 1. The molecule has 0 radical (unpaired) electrons. The lowest BCUT2D eigenvalue weighted by Crippen LogP contribution is -2.19. The summed E-state index contributed by atoms with van der Waals surface area (Å²) in [6.07, 6.45) is 1.88. The highest BCUT2D eigenvalue weighted by Gasteiger charge is 2.06. The standard InChI is InChI=1S/C23H20N4OS2/c28-22(25-19-10-9-16-11-12-24-21(16)14-19)15-30-20-8-4-7-18(13-20)27-23(29)26-17-5-2-1-3-6-17/h1-14,24H,15H2,(H,25,28)(H2,26,27,29). The van der Waals surface area contributed by atoms with E-state index in [1.807, 2.05) is 85.1 Å². The SMILES string of the molecule is O=C(CSc1cccc(NC(=S)Nc2ccccc2)c1)Nc1ccc2cc[nH]c2c1. The zero-order valence-electron chi connectivity index (χ0n) is 16.0. The van der Waals surface area contributed by atoms with Gasteiger partial charge in [0, 0.05) is 33.7 Å². The first-order chi connectivity index (χ1) is 14.7. The predicted molar refractivity (Wildman–Crippen MR) is 130 cm³/mol. The van der Waals surface area contributed by atoms with Crippen molar-refractivity contribution >= 4 is 63.0 Å². The Bertz CT molecular complexity index is 1170. The van der Waals surface area contributed by atoms with Crippen LogP contribution < -0.4 is 16.0 Å². The fourth-order valence-corrected chi connectivity index (χ4v) is 3.94. The lowest BCUT2D eigenvalue weighted by atomic mass is 10.2. The number of amides is 1. The highest BCUT2D eigenvalue weighted by atomic mass is 32.2. The van der Waals surface area contributed by atoms with Gasteiger partial charge < -0.3 is 20.9 Å². The fourth-order valence-electron chi connectivity index (χ4n) is 2.95. The number of rotatable bonds is 6. The van der Waals surface area contributed by atoms with Crippen molar-refractivity contribution < 1.29 is 4.79 Å². The molecular weight excluding hydrogens is 412 g/mol. The molecule has 0 bridgehead atoms. The van der Waals surface area contributed by atoms with Crippen LogP contribution in [-0.2, 0) is 4.79 Å². The predicted octanol–water partition coefficient (Wildman–Crippen LogP) is 5.71. The highest BCUT2D eigenvalue weighted by Crippen LogP contribution is 2.23. The van der Waals surface area contributed by atoms with Crippen molar-refractivity contribution in [2.24, 2.45) is 0 Å². The van der Waals surface area contributed by atoms with Crippen LogP contribution in [0.1, 0.15) is 0 Å². The van der Waals surface area contributed by atoms with E-state index in [9.17, 15) is 4.79 Å². The van der Waals surface area contributed by atoms with Gasteiger partial charge in [0.1, 0.15) is 0 Å². The van der Waals surface area contributed by atoms with Crippen LogP contribution in [-0.4, -0.2) is 21.8 Å². The van der Waals surface area contributed by atoms with Gasteiger partial charge in [-0.05, 0) is 66.1 Å². The molecule has 0 atom stereocenters. The topological polar surface area (TPSA) is 69.0 Å². The maximum Gasteiger partial charge on any atom is 0.234 e. The number of H-pyrrole nitrogens is 1. The van der Waals surface area contributed by atoms with Crippen molar-refractivity contribution in [2.75, 3.05) is 21.7 Å². The van der Waals surface area contributed by atoms with Crippen LogP contribution in [0.15, 0.2) is 90.0 Å². The third-order valence-corrected chi connectivity index (χ3v) is 5.53. The van der Waals surface area contributed by atoms with Gasteiger partial charge in [-0.1, -0.05) is 30.3 Å². The van der Waals surface area contributed by atoms with Gasteiger partial charge in [0.2, 0.25) is 5.91 Å². The quantitative estimate of drug-likeness (QED) is 0.232. The van der Waals surface area contributed by atoms with E-state index in [0.717, 1.165) is 32.9 Å². The Kier molecular flexibility index (Phi) is 6.32. The van der Waals surface area contributed by atoms with Crippen LogP contribution >= 0.6 is 24.0 Å². The molecule has 4 N–H and O–H groups in total. The first kappa shape index (κ1) is 20.0. The van der Waals surface area contributed by atoms with Crippen LogP contribution in [0.25, 0.3) is 10.9 Å². The molecule has 7 heteroatoms. The molecule has 0 aliphatic carbocycles. The van der Waals surface area contributed by atoms with Crippen LogP contribution in [0.3, 0.4) is 0 Å². The Balaban J connectivity index is 1.30. The van der Waals surface area contributed by atoms with Gasteiger partial charge in [0.15, 0.2) is 5.11 Å². The van der Waals surface area contributed by atoms with Crippen molar-refractivity contribution in [3.63, 3.8) is 0 Å². The first-order valence-corrected chi connectivity index (χ1v) is 10.8. The molecule has 3 aromatic carbocycles. The number of hydrogen-bond acceptors (Lipinski definition) is 3. The smallest absolute Gasteiger partial charge is 0.234 e. The van der Waals surface area contributed by atoms with Gasteiger partial charge in [-0.15, -0.1) is 11.8 Å². The lowest BCUT2D eigenvalue weighted by molar-refractivity contribution is -0.113. The molecule has 0 fully saturated rings. The van der Waals surface area contributed by atoms with E-state index in [2.05, 4.69) is 20.9 Å². The molecular formula is C23H20N4OS2. The molecule has 0 aliphatic rings. The number of aromatic nitrogens is 1. The van der Waals surface area contributed by atoms with Crippen molar-refractivity contribution in [2.45, 2.75) is 4.90 Å². The molecule has 150 valence electrons. The largest absolute Gasteiger partial charge is 0.361 e. The van der Waals surface area contributed by atoms with Crippen molar-refractivity contribution in [3.8, 4) is 0 Å². The number of fused-ring (bicyclic) bond motifs is 1. The summed E-state index contributed by atoms with van der Waals surface area (Å²) in [5, 5.41) is 10.9. The summed E-state index contributed by atoms with van der Waals surface area (Å²) in [7, 11) is 0. The minimum atomic E-state index is -0.0504. The summed E-state index contributed by atoms with van der Waals surface area (Å²) < 4.78 is 0. The second kappa shape index (κ2) is 9.47. The van der Waals surface area contributed by atoms with Crippen LogP contribution in [0.4, 0.5) is 17.1 Å². The summed E-state index contributed by atoms with van der Waals surface area (Å²) in [5.74, 6) is 0.268. The van der Waals surface area contributed by atoms with Gasteiger partial charge in [0.05, 0.1) is 5.75 Å². The van der Waals surface area contributed by atoms with Gasteiger partial charge in [-0.3, -0.25) is 4.79 Å². The Morgan fingerprint density at radius 3 is 2.47 bits per heavy atom. The summed E-state index contributed by atoms with van der Waals surface area (Å²) in [5.41, 5.74) is 3.57. The van der Waals surface area contributed by atoms with E-state index >= 15 is 0 Å². The summed E-state index contributed by atoms with van der Waals surface area (Å²) >= 11 is 6.85. The first-order valence-electron chi connectivity index (χ1n) is 9.39. The van der Waals surface area contributed by atoms with Gasteiger partial charge in [0.25, 0.3) is 0 Å². The minimum Gasteiger partial charge on any atom is -0.361 e. The molecule has 1 aromatic heterocycles. The van der Waals surface area contributed by atoms with Crippen LogP contribution in [0.5, 0.6) is 0 Å². The maximum absolute atomic E-state index is 12.3. The lowest BCUT2D eigenvalue weighted by Gasteiger charge is -2.11. The average molecular weight is 433 g/mol.